The fourth-order valence-corrected chi connectivity index (χ4v) is 3.51. The molecule has 1 fully saturated rings. The molecule has 26 heavy (non-hydrogen) atoms. The summed E-state index contributed by atoms with van der Waals surface area (Å²) in [5.41, 5.74) is 2.16. The van der Waals surface area contributed by atoms with E-state index in [9.17, 15) is 8.78 Å². The zero-order valence-corrected chi connectivity index (χ0v) is 15.8. The first kappa shape index (κ1) is 18.7. The molecular weight excluding hydrogens is 356 g/mol. The molecule has 138 valence electrons. The van der Waals surface area contributed by atoms with Crippen molar-refractivity contribution in [3.63, 3.8) is 0 Å². The van der Waals surface area contributed by atoms with Gasteiger partial charge >= 0.3 is 0 Å². The minimum absolute atomic E-state index is 0.101. The third-order valence-corrected chi connectivity index (χ3v) is 5.21. The number of hydrogen-bond donors (Lipinski definition) is 1. The number of hydrogen-bond acceptors (Lipinski definition) is 6. The summed E-state index contributed by atoms with van der Waals surface area (Å²) >= 11 is 1.60. The number of anilines is 1. The van der Waals surface area contributed by atoms with E-state index in [1.165, 1.54) is 12.1 Å². The van der Waals surface area contributed by atoms with Gasteiger partial charge < -0.3 is 5.32 Å². The van der Waals surface area contributed by atoms with E-state index < -0.39 is 11.6 Å². The Kier molecular flexibility index (Phi) is 5.80. The van der Waals surface area contributed by atoms with Crippen molar-refractivity contribution >= 4 is 23.3 Å². The SMILES string of the molecule is CCCSc1nc(C)c(/N=N\C)c(NC2C[C@H]2c2ccc(F)c(F)c2)n1. The van der Waals surface area contributed by atoms with Crippen LogP contribution in [-0.2, 0) is 0 Å². The van der Waals surface area contributed by atoms with E-state index in [0.717, 1.165) is 29.9 Å². The number of rotatable bonds is 7. The molecule has 0 bridgehead atoms. The number of aromatic nitrogens is 2. The molecule has 0 saturated heterocycles. The Morgan fingerprint density at radius 3 is 2.77 bits per heavy atom. The Bertz CT molecular complexity index is 827. The van der Waals surface area contributed by atoms with Gasteiger partial charge in [0.05, 0.1) is 5.69 Å². The lowest BCUT2D eigenvalue weighted by molar-refractivity contribution is 0.507. The van der Waals surface area contributed by atoms with Gasteiger partial charge in [-0.05, 0) is 37.5 Å². The first-order valence-electron chi connectivity index (χ1n) is 8.56. The van der Waals surface area contributed by atoms with Gasteiger partial charge in [0.25, 0.3) is 0 Å². The number of thioether (sulfide) groups is 1. The van der Waals surface area contributed by atoms with Crippen LogP contribution in [0.1, 0.15) is 36.9 Å². The molecule has 3 rings (SSSR count). The molecule has 1 saturated carbocycles. The summed E-state index contributed by atoms with van der Waals surface area (Å²) in [5.74, 6) is 0.0580. The number of benzene rings is 1. The lowest BCUT2D eigenvalue weighted by atomic mass is 10.1. The molecule has 8 heteroatoms. The second-order valence-corrected chi connectivity index (χ2v) is 7.27. The smallest absolute Gasteiger partial charge is 0.189 e. The van der Waals surface area contributed by atoms with E-state index >= 15 is 0 Å². The average molecular weight is 377 g/mol. The molecular formula is C18H21F2N5S. The second-order valence-electron chi connectivity index (χ2n) is 6.20. The summed E-state index contributed by atoms with van der Waals surface area (Å²) in [5, 5.41) is 12.1. The van der Waals surface area contributed by atoms with E-state index in [4.69, 9.17) is 0 Å². The van der Waals surface area contributed by atoms with Gasteiger partial charge in [0.2, 0.25) is 0 Å². The summed E-state index contributed by atoms with van der Waals surface area (Å²) in [4.78, 5) is 9.07. The molecule has 1 aliphatic rings. The van der Waals surface area contributed by atoms with Crippen LogP contribution in [0, 0.1) is 18.6 Å². The molecule has 2 aromatic rings. The zero-order valence-electron chi connectivity index (χ0n) is 15.0. The minimum Gasteiger partial charge on any atom is -0.365 e. The molecule has 1 aromatic heterocycles. The number of azo groups is 1. The maximum Gasteiger partial charge on any atom is 0.189 e. The van der Waals surface area contributed by atoms with E-state index in [2.05, 4.69) is 32.4 Å². The predicted molar refractivity (Wildman–Crippen MR) is 99.4 cm³/mol. The van der Waals surface area contributed by atoms with Crippen LogP contribution < -0.4 is 5.32 Å². The van der Waals surface area contributed by atoms with Crippen molar-refractivity contribution in [3.05, 3.63) is 41.1 Å². The molecule has 0 aliphatic heterocycles. The summed E-state index contributed by atoms with van der Waals surface area (Å²) in [6, 6.07) is 4.17. The molecule has 1 aliphatic carbocycles. The Hall–Kier alpha value is -2.09. The molecule has 1 aromatic carbocycles. The van der Waals surface area contributed by atoms with Gasteiger partial charge in [-0.2, -0.15) is 10.2 Å². The molecule has 2 atom stereocenters. The molecule has 0 radical (unpaired) electrons. The predicted octanol–water partition coefficient (Wildman–Crippen LogP) is 5.25. The highest BCUT2D eigenvalue weighted by atomic mass is 32.2. The van der Waals surface area contributed by atoms with Gasteiger partial charge in [0.1, 0.15) is 5.69 Å². The van der Waals surface area contributed by atoms with E-state index in [1.807, 2.05) is 6.92 Å². The van der Waals surface area contributed by atoms with Crippen molar-refractivity contribution < 1.29 is 8.78 Å². The highest BCUT2D eigenvalue weighted by Gasteiger charge is 2.39. The van der Waals surface area contributed by atoms with Crippen molar-refractivity contribution in [2.45, 2.75) is 43.8 Å². The van der Waals surface area contributed by atoms with Crippen LogP contribution in [0.3, 0.4) is 0 Å². The summed E-state index contributed by atoms with van der Waals surface area (Å²) in [6.07, 6.45) is 1.86. The van der Waals surface area contributed by atoms with Gasteiger partial charge in [-0.1, -0.05) is 24.8 Å². The van der Waals surface area contributed by atoms with Crippen LogP contribution >= 0.6 is 11.8 Å². The third-order valence-electron chi connectivity index (χ3n) is 4.16. The van der Waals surface area contributed by atoms with Crippen molar-refractivity contribution in [3.8, 4) is 0 Å². The molecule has 0 amide bonds. The topological polar surface area (TPSA) is 62.5 Å². The first-order valence-corrected chi connectivity index (χ1v) is 9.54. The highest BCUT2D eigenvalue weighted by molar-refractivity contribution is 7.99. The Morgan fingerprint density at radius 1 is 1.27 bits per heavy atom. The molecule has 1 heterocycles. The summed E-state index contributed by atoms with van der Waals surface area (Å²) in [7, 11) is 1.60. The van der Waals surface area contributed by atoms with Crippen LogP contribution in [0.15, 0.2) is 33.6 Å². The summed E-state index contributed by atoms with van der Waals surface area (Å²) in [6.45, 7) is 3.99. The van der Waals surface area contributed by atoms with Gasteiger partial charge in [-0.25, -0.2) is 18.7 Å². The quantitative estimate of drug-likeness (QED) is 0.407. The summed E-state index contributed by atoms with van der Waals surface area (Å²) < 4.78 is 26.6. The van der Waals surface area contributed by atoms with Crippen molar-refractivity contribution in [2.24, 2.45) is 10.2 Å². The number of halogens is 2. The van der Waals surface area contributed by atoms with E-state index in [-0.39, 0.29) is 12.0 Å². The highest BCUT2D eigenvalue weighted by Crippen LogP contribution is 2.44. The maximum atomic E-state index is 13.5. The van der Waals surface area contributed by atoms with Crippen LogP contribution in [0.25, 0.3) is 0 Å². The first-order chi connectivity index (χ1) is 12.5. The fourth-order valence-electron chi connectivity index (χ4n) is 2.76. The minimum atomic E-state index is -0.825. The Labute approximate surface area is 155 Å². The lowest BCUT2D eigenvalue weighted by Crippen LogP contribution is -2.08. The van der Waals surface area contributed by atoms with Crippen molar-refractivity contribution in [2.75, 3.05) is 18.1 Å². The van der Waals surface area contributed by atoms with Crippen LogP contribution in [0.2, 0.25) is 0 Å². The molecule has 1 N–H and O–H groups in total. The van der Waals surface area contributed by atoms with Crippen molar-refractivity contribution in [1.29, 1.82) is 0 Å². The molecule has 5 nitrogen and oxygen atoms in total. The van der Waals surface area contributed by atoms with Crippen LogP contribution in [0.5, 0.6) is 0 Å². The maximum absolute atomic E-state index is 13.5. The van der Waals surface area contributed by atoms with Crippen LogP contribution in [-0.4, -0.2) is 28.8 Å². The van der Waals surface area contributed by atoms with E-state index in [1.54, 1.807) is 24.9 Å². The zero-order chi connectivity index (χ0) is 18.7. The molecule has 0 spiro atoms. The van der Waals surface area contributed by atoms with Gasteiger partial charge in [-0.3, -0.25) is 0 Å². The standard InChI is InChI=1S/C18H21F2N5S/c1-4-7-26-18-22-10(2)16(25-21-3)17(24-18)23-15-9-12(15)11-5-6-13(19)14(20)8-11/h5-6,8,12,15H,4,7,9H2,1-3H3,(H,22,23,24)/b25-21-/t12-,15?/m0/s1. The third kappa shape index (κ3) is 4.17. The average Bonchev–Trinajstić information content (AvgIpc) is 3.37. The normalized spacial score (nSPS) is 19.1. The fraction of sp³-hybridized carbons (Fsp3) is 0.444. The number of nitrogens with one attached hydrogen (secondary N) is 1. The van der Waals surface area contributed by atoms with Crippen LogP contribution in [0.4, 0.5) is 20.3 Å². The number of aryl methyl sites for hydroxylation is 1. The monoisotopic (exact) mass is 377 g/mol. The largest absolute Gasteiger partial charge is 0.365 e. The van der Waals surface area contributed by atoms with Crippen molar-refractivity contribution in [1.82, 2.24) is 9.97 Å². The van der Waals surface area contributed by atoms with E-state index in [0.29, 0.717) is 16.7 Å². The Morgan fingerprint density at radius 2 is 2.08 bits per heavy atom. The second kappa shape index (κ2) is 8.07. The molecule has 1 unspecified atom stereocenters. The van der Waals surface area contributed by atoms with Gasteiger partial charge in [-0.15, -0.1) is 0 Å². The van der Waals surface area contributed by atoms with Gasteiger partial charge in [0, 0.05) is 24.8 Å². The van der Waals surface area contributed by atoms with Gasteiger partial charge in [0.15, 0.2) is 22.6 Å². The Balaban J connectivity index is 1.80. The number of nitrogens with zero attached hydrogens (tertiary/aromatic N) is 4. The lowest BCUT2D eigenvalue weighted by Gasteiger charge is -2.11.